The molecule has 2 amide bonds. The molecular formula is C18H14ClNO4S. The smallest absolute Gasteiger partial charge is 0.298 e. The van der Waals surface area contributed by atoms with E-state index < -0.39 is 0 Å². The molecule has 1 aliphatic heterocycles. The maximum Gasteiger partial charge on any atom is 0.298 e. The molecule has 5 nitrogen and oxygen atoms in total. The van der Waals surface area contributed by atoms with Crippen LogP contribution in [0.5, 0.6) is 11.5 Å². The van der Waals surface area contributed by atoms with Gasteiger partial charge in [-0.2, -0.15) is 0 Å². The number of halogens is 1. The highest BCUT2D eigenvalue weighted by Crippen LogP contribution is 2.39. The number of ether oxygens (including phenoxy) is 2. The third-order valence-corrected chi connectivity index (χ3v) is 4.72. The summed E-state index contributed by atoms with van der Waals surface area (Å²) in [6.45, 7) is 0. The molecule has 0 bridgehead atoms. The molecule has 0 saturated carbocycles. The first-order chi connectivity index (χ1) is 12.0. The number of amides is 2. The zero-order valence-electron chi connectivity index (χ0n) is 13.5. The molecule has 7 heteroatoms. The first kappa shape index (κ1) is 17.4. The van der Waals surface area contributed by atoms with Gasteiger partial charge in [0.2, 0.25) is 0 Å². The van der Waals surface area contributed by atoms with Crippen molar-refractivity contribution in [1.29, 1.82) is 0 Å². The third-order valence-electron chi connectivity index (χ3n) is 3.60. The van der Waals surface area contributed by atoms with E-state index >= 15 is 0 Å². The van der Waals surface area contributed by atoms with Crippen LogP contribution in [0.3, 0.4) is 0 Å². The number of benzene rings is 2. The van der Waals surface area contributed by atoms with Crippen molar-refractivity contribution in [2.45, 2.75) is 0 Å². The van der Waals surface area contributed by atoms with Gasteiger partial charge in [0.15, 0.2) is 11.5 Å². The molecule has 0 unspecified atom stereocenters. The van der Waals surface area contributed by atoms with E-state index in [0.29, 0.717) is 32.7 Å². The van der Waals surface area contributed by atoms with Crippen LogP contribution in [-0.2, 0) is 4.79 Å². The number of hydrogen-bond acceptors (Lipinski definition) is 5. The zero-order valence-corrected chi connectivity index (χ0v) is 15.1. The summed E-state index contributed by atoms with van der Waals surface area (Å²) in [4.78, 5) is 26.4. The van der Waals surface area contributed by atoms with E-state index in [1.165, 1.54) is 14.2 Å². The molecule has 1 saturated heterocycles. The van der Waals surface area contributed by atoms with E-state index in [0.717, 1.165) is 16.7 Å². The Balaban J connectivity index is 1.97. The molecule has 25 heavy (non-hydrogen) atoms. The van der Waals surface area contributed by atoms with Crippen molar-refractivity contribution in [3.63, 3.8) is 0 Å². The summed E-state index contributed by atoms with van der Waals surface area (Å²) in [7, 11) is 3.06. The first-order valence-electron chi connectivity index (χ1n) is 7.29. The standard InChI is InChI=1S/C18H14ClNO4S/c1-23-14-5-3-4-11(16(14)24-2)10-15-17(21)20(18(22)25-15)13-8-6-12(19)7-9-13/h3-10H,1-2H3/b15-10+. The molecular weight excluding hydrogens is 362 g/mol. The van der Waals surface area contributed by atoms with E-state index in [1.807, 2.05) is 0 Å². The second kappa shape index (κ2) is 7.21. The second-order valence-corrected chi connectivity index (χ2v) is 6.51. The Morgan fingerprint density at radius 3 is 2.40 bits per heavy atom. The highest BCUT2D eigenvalue weighted by molar-refractivity contribution is 8.19. The Morgan fingerprint density at radius 1 is 1.04 bits per heavy atom. The maximum absolute atomic E-state index is 12.7. The predicted octanol–water partition coefficient (Wildman–Crippen LogP) is 4.60. The van der Waals surface area contributed by atoms with Crippen LogP contribution in [0.25, 0.3) is 6.08 Å². The lowest BCUT2D eigenvalue weighted by atomic mass is 10.1. The molecule has 1 heterocycles. The van der Waals surface area contributed by atoms with Crippen molar-refractivity contribution in [2.24, 2.45) is 0 Å². The van der Waals surface area contributed by atoms with E-state index in [2.05, 4.69) is 0 Å². The average Bonchev–Trinajstić information content (AvgIpc) is 2.89. The van der Waals surface area contributed by atoms with Crippen LogP contribution in [0.15, 0.2) is 47.4 Å². The Labute approximate surface area is 154 Å². The van der Waals surface area contributed by atoms with Gasteiger partial charge in [0.05, 0.1) is 24.8 Å². The van der Waals surface area contributed by atoms with Crippen LogP contribution in [0.2, 0.25) is 5.02 Å². The molecule has 1 aliphatic rings. The average molecular weight is 376 g/mol. The van der Waals surface area contributed by atoms with Gasteiger partial charge < -0.3 is 9.47 Å². The Hall–Kier alpha value is -2.44. The number of carbonyl (C=O) groups is 2. The molecule has 0 N–H and O–H groups in total. The summed E-state index contributed by atoms with van der Waals surface area (Å²) < 4.78 is 10.6. The molecule has 2 aromatic rings. The van der Waals surface area contributed by atoms with E-state index in [-0.39, 0.29) is 11.1 Å². The number of hydrogen-bond donors (Lipinski definition) is 0. The van der Waals surface area contributed by atoms with E-state index in [9.17, 15) is 9.59 Å². The summed E-state index contributed by atoms with van der Waals surface area (Å²) in [6, 6.07) is 11.9. The van der Waals surface area contributed by atoms with E-state index in [4.69, 9.17) is 21.1 Å². The monoisotopic (exact) mass is 375 g/mol. The number of thioether (sulfide) groups is 1. The van der Waals surface area contributed by atoms with Gasteiger partial charge in [-0.25, -0.2) is 4.90 Å². The molecule has 0 aliphatic carbocycles. The number of methoxy groups -OCH3 is 2. The van der Waals surface area contributed by atoms with Crippen LogP contribution in [0.1, 0.15) is 5.56 Å². The SMILES string of the molecule is COc1cccc(/C=C2/SC(=O)N(c3ccc(Cl)cc3)C2=O)c1OC. The summed E-state index contributed by atoms with van der Waals surface area (Å²) in [6.07, 6.45) is 1.63. The molecule has 0 spiro atoms. The largest absolute Gasteiger partial charge is 0.493 e. The second-order valence-electron chi connectivity index (χ2n) is 5.08. The quantitative estimate of drug-likeness (QED) is 0.731. The number of para-hydroxylation sites is 1. The fourth-order valence-electron chi connectivity index (χ4n) is 2.45. The number of anilines is 1. The molecule has 3 rings (SSSR count). The van der Waals surface area contributed by atoms with Gasteiger partial charge in [-0.05, 0) is 48.2 Å². The molecule has 0 radical (unpaired) electrons. The van der Waals surface area contributed by atoms with Gasteiger partial charge in [0.25, 0.3) is 11.1 Å². The van der Waals surface area contributed by atoms with Crippen LogP contribution in [0.4, 0.5) is 10.5 Å². The lowest BCUT2D eigenvalue weighted by Gasteiger charge is -2.12. The van der Waals surface area contributed by atoms with Crippen LogP contribution < -0.4 is 14.4 Å². The summed E-state index contributed by atoms with van der Waals surface area (Å²) >= 11 is 6.74. The fraction of sp³-hybridized carbons (Fsp3) is 0.111. The van der Waals surface area contributed by atoms with Crippen LogP contribution in [-0.4, -0.2) is 25.4 Å². The molecule has 2 aromatic carbocycles. The zero-order chi connectivity index (χ0) is 18.0. The van der Waals surface area contributed by atoms with Crippen molar-refractivity contribution in [2.75, 3.05) is 19.1 Å². The number of rotatable bonds is 4. The fourth-order valence-corrected chi connectivity index (χ4v) is 3.41. The van der Waals surface area contributed by atoms with Crippen molar-refractivity contribution in [1.82, 2.24) is 0 Å². The maximum atomic E-state index is 12.7. The lowest BCUT2D eigenvalue weighted by molar-refractivity contribution is -0.113. The highest BCUT2D eigenvalue weighted by Gasteiger charge is 2.36. The van der Waals surface area contributed by atoms with Gasteiger partial charge in [0, 0.05) is 10.6 Å². The lowest BCUT2D eigenvalue weighted by Crippen LogP contribution is -2.27. The Morgan fingerprint density at radius 2 is 1.76 bits per heavy atom. The van der Waals surface area contributed by atoms with Gasteiger partial charge in [-0.3, -0.25) is 9.59 Å². The van der Waals surface area contributed by atoms with Gasteiger partial charge in [-0.1, -0.05) is 23.7 Å². The van der Waals surface area contributed by atoms with Crippen molar-refractivity contribution in [3.05, 3.63) is 58.0 Å². The summed E-state index contributed by atoms with van der Waals surface area (Å²) in [5.74, 6) is 0.665. The number of nitrogens with zero attached hydrogens (tertiary/aromatic N) is 1. The van der Waals surface area contributed by atoms with Gasteiger partial charge in [0.1, 0.15) is 0 Å². The minimum Gasteiger partial charge on any atom is -0.493 e. The molecule has 0 atom stereocenters. The normalized spacial score (nSPS) is 15.8. The van der Waals surface area contributed by atoms with Gasteiger partial charge >= 0.3 is 0 Å². The summed E-state index contributed by atoms with van der Waals surface area (Å²) in [5.41, 5.74) is 1.14. The molecule has 1 fully saturated rings. The van der Waals surface area contributed by atoms with Crippen molar-refractivity contribution < 1.29 is 19.1 Å². The van der Waals surface area contributed by atoms with Crippen molar-refractivity contribution in [3.8, 4) is 11.5 Å². The number of carbonyl (C=O) groups excluding carboxylic acids is 2. The molecule has 128 valence electrons. The summed E-state index contributed by atoms with van der Waals surface area (Å²) in [5, 5.41) is 0.174. The number of imide groups is 1. The van der Waals surface area contributed by atoms with Crippen LogP contribution >= 0.6 is 23.4 Å². The predicted molar refractivity (Wildman–Crippen MR) is 99.4 cm³/mol. The van der Waals surface area contributed by atoms with E-state index in [1.54, 1.807) is 48.5 Å². The minimum atomic E-state index is -0.387. The van der Waals surface area contributed by atoms with Crippen LogP contribution in [0, 0.1) is 0 Å². The van der Waals surface area contributed by atoms with Gasteiger partial charge in [-0.15, -0.1) is 0 Å². The Kier molecular flexibility index (Phi) is 5.01. The molecule has 0 aromatic heterocycles. The first-order valence-corrected chi connectivity index (χ1v) is 8.49. The Bertz CT molecular complexity index is 864. The van der Waals surface area contributed by atoms with Crippen molar-refractivity contribution >= 4 is 46.3 Å². The third kappa shape index (κ3) is 3.36. The highest BCUT2D eigenvalue weighted by atomic mass is 35.5. The topological polar surface area (TPSA) is 55.8 Å². The minimum absolute atomic E-state index is 0.312.